The molecule has 6 nitrogen and oxygen atoms in total. The molecule has 0 aliphatic heterocycles. The molecule has 0 saturated carbocycles. The molecule has 2 aromatic rings. The predicted molar refractivity (Wildman–Crippen MR) is 94.0 cm³/mol. The van der Waals surface area contributed by atoms with Crippen LogP contribution in [0.1, 0.15) is 15.9 Å². The minimum atomic E-state index is -3.99. The molecule has 134 valence electrons. The number of hydrogen-bond acceptors (Lipinski definition) is 5. The van der Waals surface area contributed by atoms with Gasteiger partial charge in [0.15, 0.2) is 0 Å². The zero-order chi connectivity index (χ0) is 18.6. The van der Waals surface area contributed by atoms with Gasteiger partial charge in [-0.1, -0.05) is 39.8 Å². The van der Waals surface area contributed by atoms with Crippen molar-refractivity contribution in [3.63, 3.8) is 0 Å². The maximum absolute atomic E-state index is 12.3. The molecule has 0 atom stereocenters. The van der Waals surface area contributed by atoms with Gasteiger partial charge < -0.3 is 4.74 Å². The number of carbonyl (C=O) groups excluding carboxylic acids is 1. The van der Waals surface area contributed by atoms with E-state index in [0.29, 0.717) is 15.1 Å². The Hall–Kier alpha value is -1.64. The van der Waals surface area contributed by atoms with E-state index in [1.54, 1.807) is 24.3 Å². The van der Waals surface area contributed by atoms with Crippen molar-refractivity contribution >= 4 is 39.2 Å². The smallest absolute Gasteiger partial charge is 0.338 e. The van der Waals surface area contributed by atoms with Crippen LogP contribution < -0.4 is 0 Å². The fourth-order valence-corrected chi connectivity index (χ4v) is 3.61. The zero-order valence-corrected chi connectivity index (χ0v) is 15.7. The average molecular weight is 404 g/mol. The number of hydrogen-bond donors (Lipinski definition) is 0. The first kappa shape index (κ1) is 19.7. The Labute approximate surface area is 155 Å². The second kappa shape index (κ2) is 8.16. The number of benzene rings is 2. The predicted octanol–water partition coefficient (Wildman–Crippen LogP) is 3.53. The highest BCUT2D eigenvalue weighted by molar-refractivity contribution is 7.89. The molecule has 2 rings (SSSR count). The minimum absolute atomic E-state index is 0.00206. The first-order valence-electron chi connectivity index (χ1n) is 7.00. The number of carbonyl (C=O) groups is 1. The lowest BCUT2D eigenvalue weighted by molar-refractivity contribution is -0.0258. The van der Waals surface area contributed by atoms with Crippen molar-refractivity contribution in [2.24, 2.45) is 0 Å². The summed E-state index contributed by atoms with van der Waals surface area (Å²) in [4.78, 5) is 16.6. The van der Waals surface area contributed by atoms with Crippen LogP contribution in [-0.2, 0) is 26.2 Å². The normalized spacial score (nSPS) is 11.6. The quantitative estimate of drug-likeness (QED) is 0.544. The summed E-state index contributed by atoms with van der Waals surface area (Å²) in [5.74, 6) is -0.687. The molecule has 0 N–H and O–H groups in total. The summed E-state index contributed by atoms with van der Waals surface area (Å²) in [6.45, 7) is 0.00206. The molecule has 0 fully saturated rings. The summed E-state index contributed by atoms with van der Waals surface area (Å²) in [5.41, 5.74) is 0.760. The van der Waals surface area contributed by atoms with Crippen LogP contribution >= 0.6 is 23.2 Å². The van der Waals surface area contributed by atoms with E-state index in [1.807, 2.05) is 0 Å². The molecule has 0 aliphatic rings. The lowest BCUT2D eigenvalue weighted by atomic mass is 10.2. The minimum Gasteiger partial charge on any atom is -0.457 e. The molecule has 0 amide bonds. The third kappa shape index (κ3) is 4.71. The summed E-state index contributed by atoms with van der Waals surface area (Å²) >= 11 is 11.8. The zero-order valence-electron chi connectivity index (χ0n) is 13.4. The second-order valence-electron chi connectivity index (χ2n) is 4.95. The van der Waals surface area contributed by atoms with Crippen LogP contribution in [0.4, 0.5) is 0 Å². The lowest BCUT2D eigenvalue weighted by Crippen LogP contribution is -2.26. The second-order valence-corrected chi connectivity index (χ2v) is 7.70. The van der Waals surface area contributed by atoms with Crippen molar-refractivity contribution < 1.29 is 22.8 Å². The van der Waals surface area contributed by atoms with Gasteiger partial charge in [0.2, 0.25) is 0 Å². The fraction of sp³-hybridized carbons (Fsp3) is 0.188. The van der Waals surface area contributed by atoms with Gasteiger partial charge in [0.1, 0.15) is 11.5 Å². The Balaban J connectivity index is 2.22. The van der Waals surface area contributed by atoms with Gasteiger partial charge >= 0.3 is 5.97 Å². The van der Waals surface area contributed by atoms with Crippen LogP contribution in [0.5, 0.6) is 0 Å². The number of halogens is 2. The van der Waals surface area contributed by atoms with Gasteiger partial charge in [-0.15, -0.1) is 0 Å². The van der Waals surface area contributed by atoms with Crippen LogP contribution in [-0.4, -0.2) is 33.0 Å². The summed E-state index contributed by atoms with van der Waals surface area (Å²) in [7, 11) is -1.57. The molecule has 9 heteroatoms. The number of ether oxygens (including phenoxy) is 1. The highest BCUT2D eigenvalue weighted by Gasteiger charge is 2.25. The van der Waals surface area contributed by atoms with Gasteiger partial charge in [-0.25, -0.2) is 13.2 Å². The summed E-state index contributed by atoms with van der Waals surface area (Å²) < 4.78 is 30.5. The first-order valence-corrected chi connectivity index (χ1v) is 9.19. The molecular formula is C16H15Cl2NO5S. The largest absolute Gasteiger partial charge is 0.457 e. The topological polar surface area (TPSA) is 72.9 Å². The highest BCUT2D eigenvalue weighted by Crippen LogP contribution is 2.26. The standard InChI is InChI=1S/C16H15Cl2NO5S/c1-19(23-2)25(21,22)15-9-12(6-7-14(15)18)16(20)24-10-11-4-3-5-13(17)8-11/h3-9H,10H2,1-2H3. The van der Waals surface area contributed by atoms with Gasteiger partial charge in [-0.2, -0.15) is 0 Å². The molecule has 2 aromatic carbocycles. The van der Waals surface area contributed by atoms with Crippen LogP contribution in [0.15, 0.2) is 47.4 Å². The number of hydroxylamine groups is 1. The van der Waals surface area contributed by atoms with Crippen molar-refractivity contribution in [2.75, 3.05) is 14.2 Å². The average Bonchev–Trinajstić information content (AvgIpc) is 2.59. The van der Waals surface area contributed by atoms with Crippen molar-refractivity contribution in [3.05, 3.63) is 63.6 Å². The van der Waals surface area contributed by atoms with Gasteiger partial charge in [-0.3, -0.25) is 4.84 Å². The van der Waals surface area contributed by atoms with Crippen LogP contribution in [0.2, 0.25) is 10.0 Å². The van der Waals surface area contributed by atoms with E-state index in [4.69, 9.17) is 32.8 Å². The Morgan fingerprint density at radius 3 is 2.52 bits per heavy atom. The summed E-state index contributed by atoms with van der Waals surface area (Å²) in [6.07, 6.45) is 0. The van der Waals surface area contributed by atoms with E-state index >= 15 is 0 Å². The van der Waals surface area contributed by atoms with Crippen molar-refractivity contribution in [1.29, 1.82) is 0 Å². The molecule has 0 saturated heterocycles. The third-order valence-electron chi connectivity index (χ3n) is 3.30. The Morgan fingerprint density at radius 1 is 1.16 bits per heavy atom. The maximum Gasteiger partial charge on any atom is 0.338 e. The van der Waals surface area contributed by atoms with Gasteiger partial charge in [0.05, 0.1) is 17.7 Å². The molecule has 0 spiro atoms. The van der Waals surface area contributed by atoms with E-state index in [1.165, 1.54) is 26.3 Å². The van der Waals surface area contributed by atoms with Crippen molar-refractivity contribution in [1.82, 2.24) is 4.47 Å². The van der Waals surface area contributed by atoms with Crippen molar-refractivity contribution in [3.8, 4) is 0 Å². The monoisotopic (exact) mass is 403 g/mol. The Morgan fingerprint density at radius 2 is 1.88 bits per heavy atom. The van der Waals surface area contributed by atoms with Crippen LogP contribution in [0.3, 0.4) is 0 Å². The van der Waals surface area contributed by atoms with Crippen molar-refractivity contribution in [2.45, 2.75) is 11.5 Å². The van der Waals surface area contributed by atoms with E-state index in [2.05, 4.69) is 0 Å². The fourth-order valence-electron chi connectivity index (χ4n) is 1.92. The summed E-state index contributed by atoms with van der Waals surface area (Å²) in [6, 6.07) is 10.7. The maximum atomic E-state index is 12.3. The molecule has 0 aliphatic carbocycles. The van der Waals surface area contributed by atoms with Gasteiger partial charge in [0.25, 0.3) is 10.0 Å². The number of rotatable bonds is 6. The number of esters is 1. The lowest BCUT2D eigenvalue weighted by Gasteiger charge is -2.15. The van der Waals surface area contributed by atoms with E-state index in [9.17, 15) is 13.2 Å². The Bertz CT molecular complexity index is 886. The highest BCUT2D eigenvalue weighted by atomic mass is 35.5. The third-order valence-corrected chi connectivity index (χ3v) is 5.70. The number of sulfonamides is 1. The van der Waals surface area contributed by atoms with E-state index < -0.39 is 16.0 Å². The van der Waals surface area contributed by atoms with Crippen LogP contribution in [0.25, 0.3) is 0 Å². The molecule has 0 bridgehead atoms. The molecule has 0 unspecified atom stereocenters. The Kier molecular flexibility index (Phi) is 6.42. The van der Waals surface area contributed by atoms with E-state index in [0.717, 1.165) is 6.07 Å². The first-order chi connectivity index (χ1) is 11.8. The molecule has 25 heavy (non-hydrogen) atoms. The van der Waals surface area contributed by atoms with E-state index in [-0.39, 0.29) is 22.1 Å². The molecular weight excluding hydrogens is 389 g/mol. The van der Waals surface area contributed by atoms with Crippen LogP contribution in [0, 0.1) is 0 Å². The summed E-state index contributed by atoms with van der Waals surface area (Å²) in [5, 5.41) is 0.492. The molecule has 0 aromatic heterocycles. The molecule has 0 radical (unpaired) electrons. The molecule has 0 heterocycles. The van der Waals surface area contributed by atoms with Gasteiger partial charge in [0, 0.05) is 12.1 Å². The SMILES string of the molecule is CON(C)S(=O)(=O)c1cc(C(=O)OCc2cccc(Cl)c2)ccc1Cl. The van der Waals surface area contributed by atoms with Gasteiger partial charge in [-0.05, 0) is 35.9 Å². The number of nitrogens with zero attached hydrogens (tertiary/aromatic N) is 1.